The van der Waals surface area contributed by atoms with Crippen molar-refractivity contribution in [3.05, 3.63) is 47.3 Å². The molecule has 2 aliphatic carbocycles. The fraction of sp³-hybridized carbons (Fsp3) is 0.583. The summed E-state index contributed by atoms with van der Waals surface area (Å²) in [6.07, 6.45) is 8.23. The van der Waals surface area contributed by atoms with Gasteiger partial charge in [0.25, 0.3) is 0 Å². The van der Waals surface area contributed by atoms with Crippen LogP contribution in [0.15, 0.2) is 30.5 Å². The number of nitrogens with one attached hydrogen (secondary N) is 2. The molecule has 2 aromatic rings. The molecule has 0 radical (unpaired) electrons. The Hall–Kier alpha value is -2.18. The predicted molar refractivity (Wildman–Crippen MR) is 119 cm³/mol. The van der Waals surface area contributed by atoms with Crippen LogP contribution in [0.3, 0.4) is 0 Å². The molecular weight excluding hydrogens is 374 g/mol. The molecule has 1 aromatic heterocycles. The molecule has 2 N–H and O–H groups in total. The maximum atomic E-state index is 13.6. The SMILES string of the molecule is CNCCN(C)Cc1cn[nH]c1C1CCC2(CC1)C(=O)N(C1CC1)c1ccccc12. The van der Waals surface area contributed by atoms with E-state index in [2.05, 4.69) is 56.6 Å². The summed E-state index contributed by atoms with van der Waals surface area (Å²) in [6.45, 7) is 2.90. The summed E-state index contributed by atoms with van der Waals surface area (Å²) < 4.78 is 0. The molecule has 1 aliphatic heterocycles. The molecule has 0 unspecified atom stereocenters. The molecule has 3 aliphatic rings. The van der Waals surface area contributed by atoms with Crippen LogP contribution in [-0.2, 0) is 16.8 Å². The number of carbonyl (C=O) groups excluding carboxylic acids is 1. The molecule has 1 aromatic carbocycles. The normalized spacial score (nSPS) is 26.0. The van der Waals surface area contributed by atoms with Crippen LogP contribution in [0.5, 0.6) is 0 Å². The largest absolute Gasteiger partial charge is 0.318 e. The zero-order valence-electron chi connectivity index (χ0n) is 18.2. The van der Waals surface area contributed by atoms with E-state index in [0.717, 1.165) is 58.2 Å². The first kappa shape index (κ1) is 19.8. The number of amides is 1. The standard InChI is InChI=1S/C24H33N5O/c1-25-13-14-28(2)16-18-15-26-27-22(18)17-9-11-24(12-10-17)20-5-3-4-6-21(20)29(23(24)30)19-7-8-19/h3-6,15,17,19,25H,7-14,16H2,1-2H3,(H,26,27). The number of benzene rings is 1. The van der Waals surface area contributed by atoms with Crippen molar-refractivity contribution in [3.8, 4) is 0 Å². The van der Waals surface area contributed by atoms with Crippen molar-refractivity contribution < 1.29 is 4.79 Å². The summed E-state index contributed by atoms with van der Waals surface area (Å²) >= 11 is 0. The van der Waals surface area contributed by atoms with Gasteiger partial charge in [-0.15, -0.1) is 0 Å². The minimum Gasteiger partial charge on any atom is -0.318 e. The first-order valence-electron chi connectivity index (χ1n) is 11.4. The molecule has 5 rings (SSSR count). The smallest absolute Gasteiger partial charge is 0.237 e. The first-order valence-corrected chi connectivity index (χ1v) is 11.4. The monoisotopic (exact) mass is 407 g/mol. The number of aromatic nitrogens is 2. The zero-order chi connectivity index (χ0) is 20.7. The van der Waals surface area contributed by atoms with Crippen molar-refractivity contribution in [1.82, 2.24) is 20.4 Å². The van der Waals surface area contributed by atoms with E-state index in [1.807, 2.05) is 13.2 Å². The molecule has 160 valence electrons. The summed E-state index contributed by atoms with van der Waals surface area (Å²) in [7, 11) is 4.15. The lowest BCUT2D eigenvalue weighted by molar-refractivity contribution is -0.124. The highest BCUT2D eigenvalue weighted by atomic mass is 16.2. The second-order valence-electron chi connectivity index (χ2n) is 9.43. The quantitative estimate of drug-likeness (QED) is 0.740. The van der Waals surface area contributed by atoms with E-state index in [0.29, 0.717) is 17.9 Å². The molecule has 0 bridgehead atoms. The highest BCUT2D eigenvalue weighted by Gasteiger charge is 2.55. The number of likely N-dealkylation sites (N-methyl/N-ethyl adjacent to an activating group) is 2. The predicted octanol–water partition coefficient (Wildman–Crippen LogP) is 3.17. The van der Waals surface area contributed by atoms with Gasteiger partial charge in [0.2, 0.25) is 5.91 Å². The maximum absolute atomic E-state index is 13.6. The Morgan fingerprint density at radius 3 is 2.73 bits per heavy atom. The van der Waals surface area contributed by atoms with Gasteiger partial charge in [0.15, 0.2) is 0 Å². The molecule has 30 heavy (non-hydrogen) atoms. The number of anilines is 1. The van der Waals surface area contributed by atoms with Gasteiger partial charge in [0, 0.05) is 48.5 Å². The van der Waals surface area contributed by atoms with Crippen molar-refractivity contribution in [3.63, 3.8) is 0 Å². The van der Waals surface area contributed by atoms with Crippen molar-refractivity contribution in [2.75, 3.05) is 32.1 Å². The lowest BCUT2D eigenvalue weighted by Crippen LogP contribution is -2.43. The number of para-hydroxylation sites is 1. The number of nitrogens with zero attached hydrogens (tertiary/aromatic N) is 3. The van der Waals surface area contributed by atoms with Gasteiger partial charge in [-0.1, -0.05) is 18.2 Å². The van der Waals surface area contributed by atoms with E-state index in [-0.39, 0.29) is 5.41 Å². The maximum Gasteiger partial charge on any atom is 0.237 e. The third-order valence-corrected chi connectivity index (χ3v) is 7.40. The second kappa shape index (κ2) is 7.82. The molecule has 6 heteroatoms. The van der Waals surface area contributed by atoms with Crippen molar-refractivity contribution in [1.29, 1.82) is 0 Å². The van der Waals surface area contributed by atoms with Gasteiger partial charge in [0.1, 0.15) is 0 Å². The van der Waals surface area contributed by atoms with Crippen LogP contribution < -0.4 is 10.2 Å². The number of aromatic amines is 1. The van der Waals surface area contributed by atoms with E-state index in [4.69, 9.17) is 0 Å². The molecule has 0 saturated heterocycles. The average molecular weight is 408 g/mol. The Kier molecular flexibility index (Phi) is 5.15. The van der Waals surface area contributed by atoms with Crippen molar-refractivity contribution in [2.24, 2.45) is 0 Å². The van der Waals surface area contributed by atoms with Gasteiger partial charge in [-0.2, -0.15) is 5.10 Å². The topological polar surface area (TPSA) is 64.3 Å². The van der Waals surface area contributed by atoms with Crippen LogP contribution in [0.25, 0.3) is 0 Å². The second-order valence-corrected chi connectivity index (χ2v) is 9.43. The summed E-state index contributed by atoms with van der Waals surface area (Å²) in [4.78, 5) is 18.1. The van der Waals surface area contributed by atoms with Crippen LogP contribution in [0.1, 0.15) is 61.3 Å². The van der Waals surface area contributed by atoms with Gasteiger partial charge in [0.05, 0.1) is 11.6 Å². The van der Waals surface area contributed by atoms with Crippen LogP contribution >= 0.6 is 0 Å². The third kappa shape index (κ3) is 3.26. The number of hydrogen-bond acceptors (Lipinski definition) is 4. The Labute approximate surface area is 179 Å². The van der Waals surface area contributed by atoms with E-state index >= 15 is 0 Å². The van der Waals surface area contributed by atoms with Crippen LogP contribution in [-0.4, -0.2) is 54.2 Å². The van der Waals surface area contributed by atoms with Crippen molar-refractivity contribution >= 4 is 11.6 Å². The van der Waals surface area contributed by atoms with Gasteiger partial charge in [-0.3, -0.25) is 9.89 Å². The number of fused-ring (bicyclic) bond motifs is 2. The van der Waals surface area contributed by atoms with Crippen LogP contribution in [0.4, 0.5) is 5.69 Å². The highest BCUT2D eigenvalue weighted by molar-refractivity contribution is 6.09. The number of H-pyrrole nitrogens is 1. The Bertz CT molecular complexity index is 910. The summed E-state index contributed by atoms with van der Waals surface area (Å²) in [6, 6.07) is 8.97. The molecule has 0 atom stereocenters. The molecular formula is C24H33N5O. The Morgan fingerprint density at radius 2 is 2.00 bits per heavy atom. The summed E-state index contributed by atoms with van der Waals surface area (Å²) in [5.41, 5.74) is 4.72. The Balaban J connectivity index is 1.33. The summed E-state index contributed by atoms with van der Waals surface area (Å²) in [5, 5.41) is 10.9. The van der Waals surface area contributed by atoms with Crippen LogP contribution in [0, 0.1) is 0 Å². The molecule has 2 heterocycles. The van der Waals surface area contributed by atoms with Crippen LogP contribution in [0.2, 0.25) is 0 Å². The molecule has 2 saturated carbocycles. The van der Waals surface area contributed by atoms with E-state index in [9.17, 15) is 4.79 Å². The minimum absolute atomic E-state index is 0.306. The number of rotatable bonds is 7. The van der Waals surface area contributed by atoms with Gasteiger partial charge in [-0.25, -0.2) is 0 Å². The van der Waals surface area contributed by atoms with E-state index in [1.165, 1.54) is 22.5 Å². The molecule has 1 amide bonds. The molecule has 2 fully saturated rings. The Morgan fingerprint density at radius 1 is 1.23 bits per heavy atom. The van der Waals surface area contributed by atoms with E-state index in [1.54, 1.807) is 0 Å². The fourth-order valence-corrected chi connectivity index (χ4v) is 5.59. The summed E-state index contributed by atoms with van der Waals surface area (Å²) in [5.74, 6) is 0.821. The van der Waals surface area contributed by atoms with Crippen molar-refractivity contribution in [2.45, 2.75) is 62.4 Å². The number of carbonyl (C=O) groups is 1. The number of hydrogen-bond donors (Lipinski definition) is 2. The molecule has 1 spiro atoms. The minimum atomic E-state index is -0.306. The van der Waals surface area contributed by atoms with Gasteiger partial charge < -0.3 is 15.1 Å². The van der Waals surface area contributed by atoms with Gasteiger partial charge in [-0.05, 0) is 64.3 Å². The lowest BCUT2D eigenvalue weighted by Gasteiger charge is -2.36. The molecule has 6 nitrogen and oxygen atoms in total. The third-order valence-electron chi connectivity index (χ3n) is 7.40. The fourth-order valence-electron chi connectivity index (χ4n) is 5.59. The van der Waals surface area contributed by atoms with E-state index < -0.39 is 0 Å². The average Bonchev–Trinajstić information content (AvgIpc) is 3.45. The first-order chi connectivity index (χ1) is 14.6. The zero-order valence-corrected chi connectivity index (χ0v) is 18.2. The lowest BCUT2D eigenvalue weighted by atomic mass is 9.66. The van der Waals surface area contributed by atoms with Gasteiger partial charge >= 0.3 is 0 Å². The highest BCUT2D eigenvalue weighted by Crippen LogP contribution is 2.54.